The van der Waals surface area contributed by atoms with Gasteiger partial charge in [-0.2, -0.15) is 0 Å². The summed E-state index contributed by atoms with van der Waals surface area (Å²) in [4.78, 5) is 16.8. The van der Waals surface area contributed by atoms with Crippen LogP contribution in [0.4, 0.5) is 0 Å². The maximum Gasteiger partial charge on any atom is 0.169 e. The quantitative estimate of drug-likeness (QED) is 0.779. The molecule has 0 spiro atoms. The summed E-state index contributed by atoms with van der Waals surface area (Å²) < 4.78 is 7.37. The van der Waals surface area contributed by atoms with E-state index < -0.39 is 0 Å². The summed E-state index contributed by atoms with van der Waals surface area (Å²) in [6.07, 6.45) is 1.72. The third-order valence-corrected chi connectivity index (χ3v) is 3.53. The normalized spacial score (nSPS) is 12.8. The molecular formula is C16H22N2O2. The van der Waals surface area contributed by atoms with Gasteiger partial charge < -0.3 is 9.30 Å². The van der Waals surface area contributed by atoms with Crippen molar-refractivity contribution in [1.82, 2.24) is 9.55 Å². The number of nitrogens with zero attached hydrogens (tertiary/aromatic N) is 2. The first-order chi connectivity index (χ1) is 9.71. The summed E-state index contributed by atoms with van der Waals surface area (Å²) in [7, 11) is 1.58. The molecule has 0 aliphatic rings. The molecule has 0 aliphatic carbocycles. The molecule has 1 unspecified atom stereocenters. The number of Topliss-reactive ketones (excluding diaryl/α,β-unsaturated/α-hetero) is 1. The van der Waals surface area contributed by atoms with Crippen molar-refractivity contribution in [3.05, 3.63) is 30.1 Å². The molecule has 0 amide bonds. The Morgan fingerprint density at radius 1 is 1.35 bits per heavy atom. The number of fused-ring (bicyclic) bond motifs is 1. The van der Waals surface area contributed by atoms with E-state index in [1.165, 1.54) is 0 Å². The fourth-order valence-corrected chi connectivity index (χ4v) is 2.53. The second-order valence-corrected chi connectivity index (χ2v) is 4.94. The molecule has 0 radical (unpaired) electrons. The summed E-state index contributed by atoms with van der Waals surface area (Å²) in [6, 6.07) is 8.02. The lowest BCUT2D eigenvalue weighted by atomic mass is 10.1. The number of hydrogen-bond donors (Lipinski definition) is 0. The van der Waals surface area contributed by atoms with Gasteiger partial charge in [-0.05, 0) is 25.0 Å². The highest BCUT2D eigenvalue weighted by Crippen LogP contribution is 2.18. The van der Waals surface area contributed by atoms with Gasteiger partial charge in [-0.15, -0.1) is 0 Å². The zero-order valence-electron chi connectivity index (χ0n) is 12.4. The Balaban J connectivity index is 2.33. The lowest BCUT2D eigenvalue weighted by molar-refractivity contribution is -0.128. The molecular weight excluding hydrogens is 252 g/mol. The van der Waals surface area contributed by atoms with E-state index >= 15 is 0 Å². The first kappa shape index (κ1) is 14.7. The van der Waals surface area contributed by atoms with E-state index in [2.05, 4.69) is 22.5 Å². The van der Waals surface area contributed by atoms with Crippen molar-refractivity contribution in [2.45, 2.75) is 45.8 Å². The standard InChI is InChI=1S/C16H22N2O2/c1-4-10-18-13-9-7-6-8-12(13)17-16(18)11-14(19)15(5-2)20-3/h6-9,15H,4-5,10-11H2,1-3H3. The van der Waals surface area contributed by atoms with Crippen molar-refractivity contribution >= 4 is 16.8 Å². The van der Waals surface area contributed by atoms with E-state index in [4.69, 9.17) is 4.74 Å². The molecule has 4 nitrogen and oxygen atoms in total. The molecule has 2 aromatic rings. The Morgan fingerprint density at radius 2 is 2.10 bits per heavy atom. The highest BCUT2D eigenvalue weighted by molar-refractivity contribution is 5.86. The van der Waals surface area contributed by atoms with Gasteiger partial charge in [0.2, 0.25) is 0 Å². The number of hydrogen-bond acceptors (Lipinski definition) is 3. The number of methoxy groups -OCH3 is 1. The Labute approximate surface area is 119 Å². The van der Waals surface area contributed by atoms with E-state index in [1.807, 2.05) is 25.1 Å². The molecule has 1 heterocycles. The van der Waals surface area contributed by atoms with Crippen LogP contribution in [0.25, 0.3) is 11.0 Å². The topological polar surface area (TPSA) is 44.1 Å². The number of ether oxygens (including phenoxy) is 1. The lowest BCUT2D eigenvalue weighted by Crippen LogP contribution is -2.25. The van der Waals surface area contributed by atoms with Crippen molar-refractivity contribution in [1.29, 1.82) is 0 Å². The van der Waals surface area contributed by atoms with Gasteiger partial charge in [0.1, 0.15) is 11.9 Å². The number of imidazole rings is 1. The van der Waals surface area contributed by atoms with Crippen LogP contribution in [0.15, 0.2) is 24.3 Å². The summed E-state index contributed by atoms with van der Waals surface area (Å²) in [6.45, 7) is 4.97. The predicted molar refractivity (Wildman–Crippen MR) is 79.8 cm³/mol. The van der Waals surface area contributed by atoms with Crippen LogP contribution in [0.5, 0.6) is 0 Å². The number of aryl methyl sites for hydroxylation is 1. The number of carbonyl (C=O) groups excluding carboxylic acids is 1. The Hall–Kier alpha value is -1.68. The Kier molecular flexibility index (Phi) is 4.90. The Morgan fingerprint density at radius 3 is 2.75 bits per heavy atom. The average molecular weight is 274 g/mol. The summed E-state index contributed by atoms with van der Waals surface area (Å²) in [5, 5.41) is 0. The van der Waals surface area contributed by atoms with Crippen molar-refractivity contribution < 1.29 is 9.53 Å². The molecule has 0 aliphatic heterocycles. The second kappa shape index (κ2) is 6.66. The minimum absolute atomic E-state index is 0.0997. The molecule has 1 aromatic carbocycles. The van der Waals surface area contributed by atoms with Crippen LogP contribution in [-0.4, -0.2) is 28.5 Å². The molecule has 0 saturated carbocycles. The molecule has 2 rings (SSSR count). The molecule has 1 aromatic heterocycles. The van der Waals surface area contributed by atoms with E-state index in [0.29, 0.717) is 12.8 Å². The molecule has 0 N–H and O–H groups in total. The first-order valence-electron chi connectivity index (χ1n) is 7.20. The van der Waals surface area contributed by atoms with E-state index in [-0.39, 0.29) is 11.9 Å². The van der Waals surface area contributed by atoms with Crippen LogP contribution in [0.1, 0.15) is 32.5 Å². The van der Waals surface area contributed by atoms with Gasteiger partial charge in [-0.25, -0.2) is 4.98 Å². The zero-order chi connectivity index (χ0) is 14.5. The number of rotatable bonds is 7. The smallest absolute Gasteiger partial charge is 0.169 e. The van der Waals surface area contributed by atoms with E-state index in [0.717, 1.165) is 29.8 Å². The molecule has 20 heavy (non-hydrogen) atoms. The predicted octanol–water partition coefficient (Wildman–Crippen LogP) is 2.98. The zero-order valence-corrected chi connectivity index (χ0v) is 12.4. The van der Waals surface area contributed by atoms with Crippen molar-refractivity contribution in [2.24, 2.45) is 0 Å². The SMILES string of the molecule is CCCn1c(CC(=O)C(CC)OC)nc2ccccc21. The molecule has 0 saturated heterocycles. The first-order valence-corrected chi connectivity index (χ1v) is 7.20. The van der Waals surface area contributed by atoms with Crippen LogP contribution >= 0.6 is 0 Å². The molecule has 0 bridgehead atoms. The number of ketones is 1. The van der Waals surface area contributed by atoms with Gasteiger partial charge in [0.05, 0.1) is 17.5 Å². The minimum Gasteiger partial charge on any atom is -0.374 e. The number of aromatic nitrogens is 2. The molecule has 0 fully saturated rings. The van der Waals surface area contributed by atoms with Gasteiger partial charge >= 0.3 is 0 Å². The maximum absolute atomic E-state index is 12.2. The fourth-order valence-electron chi connectivity index (χ4n) is 2.53. The lowest BCUT2D eigenvalue weighted by Gasteiger charge is -2.12. The molecule has 108 valence electrons. The number of benzene rings is 1. The van der Waals surface area contributed by atoms with Crippen molar-refractivity contribution in [2.75, 3.05) is 7.11 Å². The van der Waals surface area contributed by atoms with Gasteiger partial charge in [0, 0.05) is 13.7 Å². The van der Waals surface area contributed by atoms with Gasteiger partial charge in [-0.3, -0.25) is 4.79 Å². The monoisotopic (exact) mass is 274 g/mol. The second-order valence-electron chi connectivity index (χ2n) is 4.94. The fraction of sp³-hybridized carbons (Fsp3) is 0.500. The van der Waals surface area contributed by atoms with Crippen LogP contribution in [0.2, 0.25) is 0 Å². The van der Waals surface area contributed by atoms with Crippen LogP contribution in [0.3, 0.4) is 0 Å². The van der Waals surface area contributed by atoms with Crippen molar-refractivity contribution in [3.8, 4) is 0 Å². The largest absolute Gasteiger partial charge is 0.374 e. The van der Waals surface area contributed by atoms with E-state index in [9.17, 15) is 4.79 Å². The van der Waals surface area contributed by atoms with Gasteiger partial charge in [0.15, 0.2) is 5.78 Å². The third kappa shape index (κ3) is 2.90. The molecule has 4 heteroatoms. The summed E-state index contributed by atoms with van der Waals surface area (Å²) in [5.41, 5.74) is 2.05. The number of carbonyl (C=O) groups is 1. The third-order valence-electron chi connectivity index (χ3n) is 3.53. The highest BCUT2D eigenvalue weighted by atomic mass is 16.5. The van der Waals surface area contributed by atoms with Gasteiger partial charge in [0.25, 0.3) is 0 Å². The summed E-state index contributed by atoms with van der Waals surface area (Å²) in [5.74, 6) is 0.941. The maximum atomic E-state index is 12.2. The highest BCUT2D eigenvalue weighted by Gasteiger charge is 2.19. The number of para-hydroxylation sites is 2. The van der Waals surface area contributed by atoms with Crippen LogP contribution in [0, 0.1) is 0 Å². The minimum atomic E-state index is -0.329. The molecule has 1 atom stereocenters. The van der Waals surface area contributed by atoms with E-state index in [1.54, 1.807) is 7.11 Å². The van der Waals surface area contributed by atoms with Crippen LogP contribution < -0.4 is 0 Å². The summed E-state index contributed by atoms with van der Waals surface area (Å²) >= 11 is 0. The van der Waals surface area contributed by atoms with Crippen molar-refractivity contribution in [3.63, 3.8) is 0 Å². The van der Waals surface area contributed by atoms with Crippen LogP contribution in [-0.2, 0) is 22.5 Å². The Bertz CT molecular complexity index is 585. The van der Waals surface area contributed by atoms with Gasteiger partial charge in [-0.1, -0.05) is 26.0 Å². The average Bonchev–Trinajstić information content (AvgIpc) is 2.79.